The molecule has 0 saturated carbocycles. The molecule has 2 rings (SSSR count). The van der Waals surface area contributed by atoms with Crippen LogP contribution < -0.4 is 10.1 Å². The van der Waals surface area contributed by atoms with E-state index in [1.165, 1.54) is 12.1 Å². The largest absolute Gasteiger partial charge is 0.489 e. The molecule has 8 heteroatoms. The standard InChI is InChI=1S/C13H18BrN3O4/c14-12-2-1-10(17(19)20)7-13(12)21-9-11(18)8-16-5-3-15-4-6-16/h1-2,7,11,15,18H,3-6,8-9H2. The van der Waals surface area contributed by atoms with Gasteiger partial charge in [0.15, 0.2) is 0 Å². The lowest BCUT2D eigenvalue weighted by atomic mass is 10.3. The van der Waals surface area contributed by atoms with Gasteiger partial charge in [-0.15, -0.1) is 0 Å². The minimum absolute atomic E-state index is 0.0372. The maximum absolute atomic E-state index is 10.7. The lowest BCUT2D eigenvalue weighted by Crippen LogP contribution is -2.47. The van der Waals surface area contributed by atoms with Gasteiger partial charge in [-0.3, -0.25) is 15.0 Å². The minimum atomic E-state index is -0.630. The smallest absolute Gasteiger partial charge is 0.273 e. The zero-order valence-electron chi connectivity index (χ0n) is 11.5. The molecule has 116 valence electrons. The Kier molecular flexibility index (Phi) is 5.92. The average Bonchev–Trinajstić information content (AvgIpc) is 2.47. The molecule has 1 aromatic carbocycles. The Morgan fingerprint density at radius 2 is 2.19 bits per heavy atom. The molecule has 1 unspecified atom stereocenters. The van der Waals surface area contributed by atoms with Crippen LogP contribution in [0.2, 0.25) is 0 Å². The van der Waals surface area contributed by atoms with E-state index in [4.69, 9.17) is 4.74 Å². The van der Waals surface area contributed by atoms with Gasteiger partial charge in [0, 0.05) is 38.8 Å². The molecule has 0 aliphatic carbocycles. The second-order valence-electron chi connectivity index (χ2n) is 4.89. The summed E-state index contributed by atoms with van der Waals surface area (Å²) in [6.45, 7) is 4.28. The summed E-state index contributed by atoms with van der Waals surface area (Å²) < 4.78 is 6.11. The first kappa shape index (κ1) is 16.2. The van der Waals surface area contributed by atoms with Crippen molar-refractivity contribution in [2.24, 2.45) is 0 Å². The van der Waals surface area contributed by atoms with Crippen molar-refractivity contribution in [3.8, 4) is 5.75 Å². The topological polar surface area (TPSA) is 87.9 Å². The number of benzene rings is 1. The molecule has 1 heterocycles. The van der Waals surface area contributed by atoms with Crippen LogP contribution in [0.3, 0.4) is 0 Å². The fourth-order valence-corrected chi connectivity index (χ4v) is 2.51. The van der Waals surface area contributed by atoms with Gasteiger partial charge >= 0.3 is 0 Å². The summed E-state index contributed by atoms with van der Waals surface area (Å²) in [5, 5.41) is 24.0. The molecule has 1 saturated heterocycles. The van der Waals surface area contributed by atoms with Crippen LogP contribution in [-0.4, -0.2) is 60.4 Å². The Labute approximate surface area is 131 Å². The number of piperazine rings is 1. The average molecular weight is 360 g/mol. The number of β-amino-alcohol motifs (C(OH)–C–C–N with tert-alkyl or cyclic N) is 1. The van der Waals surface area contributed by atoms with Crippen LogP contribution in [-0.2, 0) is 0 Å². The quantitative estimate of drug-likeness (QED) is 0.581. The van der Waals surface area contributed by atoms with Gasteiger partial charge in [-0.25, -0.2) is 0 Å². The van der Waals surface area contributed by atoms with Crippen molar-refractivity contribution in [2.45, 2.75) is 6.10 Å². The number of non-ortho nitro benzene ring substituents is 1. The minimum Gasteiger partial charge on any atom is -0.489 e. The highest BCUT2D eigenvalue weighted by atomic mass is 79.9. The van der Waals surface area contributed by atoms with Crippen molar-refractivity contribution < 1.29 is 14.8 Å². The highest BCUT2D eigenvalue weighted by molar-refractivity contribution is 9.10. The summed E-state index contributed by atoms with van der Waals surface area (Å²) in [5.74, 6) is 0.364. The van der Waals surface area contributed by atoms with E-state index in [1.54, 1.807) is 6.07 Å². The summed E-state index contributed by atoms with van der Waals surface area (Å²) in [7, 11) is 0. The first-order valence-corrected chi connectivity index (χ1v) is 7.53. The van der Waals surface area contributed by atoms with Crippen LogP contribution in [0.4, 0.5) is 5.69 Å². The monoisotopic (exact) mass is 359 g/mol. The number of halogens is 1. The van der Waals surface area contributed by atoms with E-state index < -0.39 is 11.0 Å². The molecule has 2 N–H and O–H groups in total. The molecular weight excluding hydrogens is 342 g/mol. The van der Waals surface area contributed by atoms with Gasteiger partial charge in [0.05, 0.1) is 15.5 Å². The Hall–Kier alpha value is -1.22. The number of hydrogen-bond acceptors (Lipinski definition) is 6. The fraction of sp³-hybridized carbons (Fsp3) is 0.538. The van der Waals surface area contributed by atoms with Gasteiger partial charge in [0.25, 0.3) is 5.69 Å². The van der Waals surface area contributed by atoms with E-state index in [0.717, 1.165) is 26.2 Å². The molecule has 1 aliphatic heterocycles. The highest BCUT2D eigenvalue weighted by Crippen LogP contribution is 2.29. The van der Waals surface area contributed by atoms with Gasteiger partial charge in [0.2, 0.25) is 0 Å². The zero-order chi connectivity index (χ0) is 15.2. The van der Waals surface area contributed by atoms with Crippen molar-refractivity contribution in [2.75, 3.05) is 39.3 Å². The molecule has 1 atom stereocenters. The van der Waals surface area contributed by atoms with E-state index in [2.05, 4.69) is 26.1 Å². The summed E-state index contributed by atoms with van der Waals surface area (Å²) in [6, 6.07) is 4.31. The number of aliphatic hydroxyl groups excluding tert-OH is 1. The third-order valence-corrected chi connectivity index (χ3v) is 3.89. The first-order chi connectivity index (χ1) is 10.1. The molecule has 1 aliphatic rings. The van der Waals surface area contributed by atoms with Crippen molar-refractivity contribution in [1.29, 1.82) is 0 Å². The normalized spacial score (nSPS) is 17.4. The van der Waals surface area contributed by atoms with E-state index in [0.29, 0.717) is 16.8 Å². The van der Waals surface area contributed by atoms with Crippen LogP contribution in [0.25, 0.3) is 0 Å². The van der Waals surface area contributed by atoms with E-state index in [-0.39, 0.29) is 12.3 Å². The Morgan fingerprint density at radius 3 is 2.86 bits per heavy atom. The van der Waals surface area contributed by atoms with Gasteiger partial charge < -0.3 is 15.2 Å². The zero-order valence-corrected chi connectivity index (χ0v) is 13.1. The van der Waals surface area contributed by atoms with Crippen LogP contribution in [0.1, 0.15) is 0 Å². The highest BCUT2D eigenvalue weighted by Gasteiger charge is 2.16. The van der Waals surface area contributed by atoms with Gasteiger partial charge in [-0.1, -0.05) is 0 Å². The molecule has 21 heavy (non-hydrogen) atoms. The van der Waals surface area contributed by atoms with Gasteiger partial charge in [-0.05, 0) is 22.0 Å². The maximum Gasteiger partial charge on any atom is 0.273 e. The number of aliphatic hydroxyl groups is 1. The summed E-state index contributed by atoms with van der Waals surface area (Å²) in [5.41, 5.74) is -0.0372. The van der Waals surface area contributed by atoms with Crippen LogP contribution in [0, 0.1) is 10.1 Å². The van der Waals surface area contributed by atoms with Crippen LogP contribution in [0.5, 0.6) is 5.75 Å². The Bertz CT molecular complexity index is 494. The second kappa shape index (κ2) is 7.69. The van der Waals surface area contributed by atoms with Crippen LogP contribution in [0.15, 0.2) is 22.7 Å². The molecule has 0 bridgehead atoms. The second-order valence-corrected chi connectivity index (χ2v) is 5.74. The fourth-order valence-electron chi connectivity index (χ4n) is 2.15. The number of hydrogen-bond donors (Lipinski definition) is 2. The van der Waals surface area contributed by atoms with Gasteiger partial charge in [-0.2, -0.15) is 0 Å². The Morgan fingerprint density at radius 1 is 1.48 bits per heavy atom. The predicted octanol–water partition coefficient (Wildman–Crippen LogP) is 1.00. The number of nitrogens with one attached hydrogen (secondary N) is 1. The molecule has 0 aromatic heterocycles. The number of ether oxygens (including phenoxy) is 1. The number of nitro groups is 1. The van der Waals surface area contributed by atoms with Crippen molar-refractivity contribution in [1.82, 2.24) is 10.2 Å². The molecule has 1 aromatic rings. The molecule has 0 amide bonds. The van der Waals surface area contributed by atoms with Crippen molar-refractivity contribution in [3.63, 3.8) is 0 Å². The van der Waals surface area contributed by atoms with E-state index in [1.807, 2.05) is 0 Å². The molecular formula is C13H18BrN3O4. The molecule has 0 radical (unpaired) electrons. The van der Waals surface area contributed by atoms with Crippen LogP contribution >= 0.6 is 15.9 Å². The Balaban J connectivity index is 1.86. The third-order valence-electron chi connectivity index (χ3n) is 3.24. The predicted molar refractivity (Wildman–Crippen MR) is 81.6 cm³/mol. The summed E-state index contributed by atoms with van der Waals surface area (Å²) in [4.78, 5) is 12.4. The van der Waals surface area contributed by atoms with E-state index in [9.17, 15) is 15.2 Å². The summed E-state index contributed by atoms with van der Waals surface area (Å²) in [6.07, 6.45) is -0.630. The molecule has 1 fully saturated rings. The first-order valence-electron chi connectivity index (χ1n) is 6.74. The van der Waals surface area contributed by atoms with Crippen molar-refractivity contribution >= 4 is 21.6 Å². The lowest BCUT2D eigenvalue weighted by molar-refractivity contribution is -0.385. The maximum atomic E-state index is 10.7. The molecule has 0 spiro atoms. The summed E-state index contributed by atoms with van der Waals surface area (Å²) >= 11 is 3.28. The number of nitro benzene ring substituents is 1. The number of rotatable bonds is 6. The van der Waals surface area contributed by atoms with Crippen molar-refractivity contribution in [3.05, 3.63) is 32.8 Å². The number of nitrogens with zero attached hydrogens (tertiary/aromatic N) is 2. The lowest BCUT2D eigenvalue weighted by Gasteiger charge is -2.29. The SMILES string of the molecule is O=[N+]([O-])c1ccc(Br)c(OCC(O)CN2CCNCC2)c1. The van der Waals surface area contributed by atoms with E-state index >= 15 is 0 Å². The van der Waals surface area contributed by atoms with Gasteiger partial charge in [0.1, 0.15) is 18.5 Å². The molecule has 7 nitrogen and oxygen atoms in total. The third kappa shape index (κ3) is 4.92.